The molecule has 11 heteroatoms. The van der Waals surface area contributed by atoms with Gasteiger partial charge in [-0.05, 0) is 57.9 Å². The number of ether oxygens (including phenoxy) is 1. The molecule has 4 heterocycles. The molecule has 0 bridgehead atoms. The molecule has 0 unspecified atom stereocenters. The highest BCUT2D eigenvalue weighted by Crippen LogP contribution is 2.29. The second kappa shape index (κ2) is 9.59. The highest BCUT2D eigenvalue weighted by molar-refractivity contribution is 6.31. The Kier molecular flexibility index (Phi) is 6.56. The topological polar surface area (TPSA) is 107 Å². The van der Waals surface area contributed by atoms with Gasteiger partial charge in [-0.25, -0.2) is 9.78 Å². The van der Waals surface area contributed by atoms with Gasteiger partial charge in [-0.3, -0.25) is 18.6 Å². The average molecular weight is 539 g/mol. The van der Waals surface area contributed by atoms with Crippen LogP contribution in [0, 0.1) is 0 Å². The average Bonchev–Trinajstić information content (AvgIpc) is 3.43. The third-order valence-electron chi connectivity index (χ3n) is 6.77. The Balaban J connectivity index is 1.39. The number of hydrogen-bond donors (Lipinski definition) is 1. The minimum Gasteiger partial charge on any atom is -0.444 e. The van der Waals surface area contributed by atoms with Crippen molar-refractivity contribution in [2.75, 3.05) is 13.1 Å². The van der Waals surface area contributed by atoms with Crippen LogP contribution >= 0.6 is 11.6 Å². The van der Waals surface area contributed by atoms with Crippen molar-refractivity contribution in [1.29, 1.82) is 0 Å². The lowest BCUT2D eigenvalue weighted by molar-refractivity contribution is -0.0419. The van der Waals surface area contributed by atoms with E-state index < -0.39 is 17.3 Å². The third-order valence-corrected chi connectivity index (χ3v) is 7.05. The van der Waals surface area contributed by atoms with Crippen molar-refractivity contribution in [3.63, 3.8) is 0 Å². The Labute approximate surface area is 225 Å². The van der Waals surface area contributed by atoms with Crippen LogP contribution in [0.4, 0.5) is 4.79 Å². The van der Waals surface area contributed by atoms with Gasteiger partial charge in [-0.2, -0.15) is 5.10 Å². The van der Waals surface area contributed by atoms with Crippen LogP contribution in [0.2, 0.25) is 5.15 Å². The first kappa shape index (κ1) is 26.0. The van der Waals surface area contributed by atoms with Gasteiger partial charge in [0.1, 0.15) is 17.1 Å². The number of likely N-dealkylation sites (tertiary alicyclic amines) is 1. The summed E-state index contributed by atoms with van der Waals surface area (Å²) in [5.74, 6) is 0. The zero-order valence-electron chi connectivity index (χ0n) is 21.9. The molecule has 0 spiro atoms. The maximum absolute atomic E-state index is 13.4. The Hall–Kier alpha value is -3.63. The second-order valence-electron chi connectivity index (χ2n) is 10.8. The number of halogens is 1. The first-order valence-electron chi connectivity index (χ1n) is 12.5. The molecule has 5 rings (SSSR count). The summed E-state index contributed by atoms with van der Waals surface area (Å²) in [5.41, 5.74) is 1.07. The third kappa shape index (κ3) is 5.06. The number of piperidine rings is 1. The molecule has 3 aromatic heterocycles. The lowest BCUT2D eigenvalue weighted by Gasteiger charge is -2.38. The number of aryl methyl sites for hydroxylation is 1. The van der Waals surface area contributed by atoms with Gasteiger partial charge < -0.3 is 14.7 Å². The summed E-state index contributed by atoms with van der Waals surface area (Å²) in [5, 5.41) is 16.2. The molecule has 1 fully saturated rings. The van der Waals surface area contributed by atoms with Crippen LogP contribution in [0.3, 0.4) is 0 Å². The summed E-state index contributed by atoms with van der Waals surface area (Å²) in [6.45, 7) is 6.19. The van der Waals surface area contributed by atoms with Crippen LogP contribution in [0.25, 0.3) is 28.0 Å². The molecule has 1 aliphatic rings. The monoisotopic (exact) mass is 538 g/mol. The number of rotatable bonds is 4. The Morgan fingerprint density at radius 2 is 1.92 bits per heavy atom. The highest BCUT2D eigenvalue weighted by atomic mass is 35.5. The summed E-state index contributed by atoms with van der Waals surface area (Å²) >= 11 is 6.60. The van der Waals surface area contributed by atoms with Gasteiger partial charge in [0.2, 0.25) is 0 Å². The molecule has 0 atom stereocenters. The number of carbonyl (C=O) groups excluding carboxylic acids is 1. The fourth-order valence-corrected chi connectivity index (χ4v) is 5.10. The minimum atomic E-state index is -1.15. The van der Waals surface area contributed by atoms with Crippen LogP contribution in [0.5, 0.6) is 0 Å². The molecule has 1 amide bonds. The summed E-state index contributed by atoms with van der Waals surface area (Å²) in [6, 6.07) is 11.3. The van der Waals surface area contributed by atoms with Crippen LogP contribution in [-0.2, 0) is 18.3 Å². The Morgan fingerprint density at radius 3 is 2.58 bits per heavy atom. The van der Waals surface area contributed by atoms with E-state index >= 15 is 0 Å². The van der Waals surface area contributed by atoms with Crippen molar-refractivity contribution in [2.24, 2.45) is 7.05 Å². The molecule has 10 nitrogen and oxygen atoms in total. The molecule has 38 heavy (non-hydrogen) atoms. The van der Waals surface area contributed by atoms with Gasteiger partial charge >= 0.3 is 6.09 Å². The maximum atomic E-state index is 13.4. The van der Waals surface area contributed by atoms with Gasteiger partial charge in [-0.1, -0.05) is 23.7 Å². The molecule has 200 valence electrons. The van der Waals surface area contributed by atoms with E-state index in [9.17, 15) is 14.7 Å². The van der Waals surface area contributed by atoms with Crippen LogP contribution < -0.4 is 5.56 Å². The van der Waals surface area contributed by atoms with Crippen molar-refractivity contribution in [1.82, 2.24) is 28.8 Å². The smallest absolute Gasteiger partial charge is 0.410 e. The number of carbonyl (C=O) groups is 1. The van der Waals surface area contributed by atoms with Crippen LogP contribution in [0.15, 0.2) is 53.7 Å². The predicted molar refractivity (Wildman–Crippen MR) is 145 cm³/mol. The number of nitrogens with zero attached hydrogens (tertiary/aromatic N) is 6. The Bertz CT molecular complexity index is 1560. The maximum Gasteiger partial charge on any atom is 0.410 e. The van der Waals surface area contributed by atoms with Gasteiger partial charge in [-0.15, -0.1) is 0 Å². The van der Waals surface area contributed by atoms with E-state index in [2.05, 4.69) is 10.1 Å². The largest absolute Gasteiger partial charge is 0.444 e. The van der Waals surface area contributed by atoms with Crippen molar-refractivity contribution >= 4 is 28.7 Å². The SMILES string of the molecule is Cn1nccc1-c1cccc(-n2c(Cl)cc3c(=O)n(CC4(O)CCN(C(=O)OC(C)(C)C)CC4)cnc32)c1. The number of hydrogen-bond acceptors (Lipinski definition) is 6. The first-order chi connectivity index (χ1) is 17.9. The predicted octanol–water partition coefficient (Wildman–Crippen LogP) is 4.00. The zero-order valence-corrected chi connectivity index (χ0v) is 22.6. The summed E-state index contributed by atoms with van der Waals surface area (Å²) in [4.78, 5) is 31.9. The molecule has 1 aromatic carbocycles. The van der Waals surface area contributed by atoms with Crippen molar-refractivity contribution in [3.8, 4) is 16.9 Å². The Morgan fingerprint density at radius 1 is 1.18 bits per heavy atom. The van der Waals surface area contributed by atoms with E-state index in [0.717, 1.165) is 16.9 Å². The fourth-order valence-electron chi connectivity index (χ4n) is 4.81. The molecule has 0 saturated carbocycles. The highest BCUT2D eigenvalue weighted by Gasteiger charge is 2.36. The lowest BCUT2D eigenvalue weighted by atomic mass is 9.91. The van der Waals surface area contributed by atoms with E-state index in [4.69, 9.17) is 16.3 Å². The summed E-state index contributed by atoms with van der Waals surface area (Å²) < 4.78 is 10.4. The molecular formula is C27H31ClN6O4. The quantitative estimate of drug-likeness (QED) is 0.421. The van der Waals surface area contributed by atoms with E-state index in [-0.39, 0.29) is 12.1 Å². The zero-order chi connectivity index (χ0) is 27.2. The van der Waals surface area contributed by atoms with Crippen LogP contribution in [0.1, 0.15) is 33.6 Å². The number of aromatic nitrogens is 5. The molecule has 1 aliphatic heterocycles. The van der Waals surface area contributed by atoms with Gasteiger partial charge in [0, 0.05) is 37.6 Å². The van der Waals surface area contributed by atoms with Crippen molar-refractivity contribution in [3.05, 3.63) is 64.4 Å². The standard InChI is InChI=1S/C27H31ClN6O4/c1-26(2,3)38-25(36)32-12-9-27(37,10-13-32)16-33-17-29-23-20(24(33)35)15-22(28)34(23)19-7-5-6-18(14-19)21-8-11-30-31(21)4/h5-8,11,14-15,17,37H,9-10,12-13,16H2,1-4H3. The summed E-state index contributed by atoms with van der Waals surface area (Å²) in [7, 11) is 1.87. The van der Waals surface area contributed by atoms with E-state index in [1.165, 1.54) is 10.9 Å². The number of amides is 1. The van der Waals surface area contributed by atoms with Gasteiger partial charge in [0.05, 0.1) is 23.2 Å². The molecule has 4 aromatic rings. The molecule has 0 aliphatic carbocycles. The van der Waals surface area contributed by atoms with Gasteiger partial charge in [0.15, 0.2) is 5.65 Å². The lowest BCUT2D eigenvalue weighted by Crippen LogP contribution is -2.50. The normalized spacial score (nSPS) is 15.7. The second-order valence-corrected chi connectivity index (χ2v) is 11.2. The number of benzene rings is 1. The molecule has 1 N–H and O–H groups in total. The minimum absolute atomic E-state index is 0.0652. The van der Waals surface area contributed by atoms with E-state index in [1.54, 1.807) is 26.4 Å². The first-order valence-corrected chi connectivity index (χ1v) is 12.9. The number of fused-ring (bicyclic) bond motifs is 1. The molecular weight excluding hydrogens is 508 g/mol. The number of aliphatic hydroxyl groups is 1. The van der Waals surface area contributed by atoms with Crippen molar-refractivity contribution < 1.29 is 14.6 Å². The van der Waals surface area contributed by atoms with Crippen LogP contribution in [-0.4, -0.2) is 64.3 Å². The van der Waals surface area contributed by atoms with Gasteiger partial charge in [0.25, 0.3) is 5.56 Å². The molecule has 0 radical (unpaired) electrons. The van der Waals surface area contributed by atoms with Crippen molar-refractivity contribution in [2.45, 2.75) is 51.4 Å². The molecule has 1 saturated heterocycles. The fraction of sp³-hybridized carbons (Fsp3) is 0.407. The van der Waals surface area contributed by atoms with E-state index in [1.807, 2.05) is 58.2 Å². The summed E-state index contributed by atoms with van der Waals surface area (Å²) in [6.07, 6.45) is 3.42. The van der Waals surface area contributed by atoms with E-state index in [0.29, 0.717) is 42.1 Å².